The van der Waals surface area contributed by atoms with Gasteiger partial charge in [0.2, 0.25) is 15.9 Å². The number of nitrogens with zero attached hydrogens (tertiary/aromatic N) is 6. The molecule has 5 N–H and O–H groups in total. The second kappa shape index (κ2) is 20.5. The summed E-state index contributed by atoms with van der Waals surface area (Å²) in [5.41, 5.74) is 5.61. The average molecular weight is 1130 g/mol. The summed E-state index contributed by atoms with van der Waals surface area (Å²) in [7, 11) is -8.78. The summed E-state index contributed by atoms with van der Waals surface area (Å²) >= 11 is 6.66. The van der Waals surface area contributed by atoms with Crippen LogP contribution in [-0.4, -0.2) is 96.0 Å². The van der Waals surface area contributed by atoms with Gasteiger partial charge in [0.15, 0.2) is 21.3 Å². The zero-order chi connectivity index (χ0) is 55.5. The number of aromatic nitrogens is 5. The Hall–Kier alpha value is -6.02. The molecule has 75 heavy (non-hydrogen) atoms. The Morgan fingerprint density at radius 1 is 0.973 bits per heavy atom. The number of nitrogens with two attached hydrogens (primary N) is 2. The highest BCUT2D eigenvalue weighted by molar-refractivity contribution is 7.93. The van der Waals surface area contributed by atoms with Crippen LogP contribution >= 0.6 is 11.6 Å². The molecule has 3 heterocycles. The SMILES string of the molecule is CC(C)(C#Cc1ccc(-c2ccc(Cl)c3c(N(C(=O)OC[C@@H](N)CCCCN)S(C)(=O)=O)nn(CC(F)(F)F)c23)c([C@H](Cc2cc(F)cc(F)c2)NC(=O)Cn2nc(C(F)(F)F)c3c2C(F)(F)[C@@H]2C[C@H]32)n1)S(C)(=O)=O. The predicted molar refractivity (Wildman–Crippen MR) is 252 cm³/mol. The summed E-state index contributed by atoms with van der Waals surface area (Å²) in [4.78, 5) is 32.4. The maximum Gasteiger partial charge on any atom is 0.435 e. The van der Waals surface area contributed by atoms with Crippen LogP contribution in [0.1, 0.15) is 85.4 Å². The molecule has 2 aliphatic rings. The molecular formula is C46H46ClF10N9O7S2. The number of rotatable bonds is 17. The number of halogens is 11. The minimum absolute atomic E-state index is 0.0450. The van der Waals surface area contributed by atoms with Crippen molar-refractivity contribution in [1.29, 1.82) is 0 Å². The molecule has 0 unspecified atom stereocenters. The third-order valence-electron chi connectivity index (χ3n) is 12.4. The maximum absolute atomic E-state index is 15.6. The van der Waals surface area contributed by atoms with Gasteiger partial charge < -0.3 is 21.5 Å². The molecule has 3 aromatic heterocycles. The van der Waals surface area contributed by atoms with Crippen molar-refractivity contribution >= 4 is 60.2 Å². The maximum atomic E-state index is 15.6. The van der Waals surface area contributed by atoms with Crippen molar-refractivity contribution in [2.24, 2.45) is 17.4 Å². The lowest BCUT2D eigenvalue weighted by Crippen LogP contribution is -2.39. The number of sulfone groups is 1. The zero-order valence-electron chi connectivity index (χ0n) is 39.9. The molecule has 1 fully saturated rings. The summed E-state index contributed by atoms with van der Waals surface area (Å²) in [6.45, 7) is -1.08. The summed E-state index contributed by atoms with van der Waals surface area (Å²) < 4.78 is 203. The van der Waals surface area contributed by atoms with E-state index in [-0.39, 0.29) is 48.9 Å². The van der Waals surface area contributed by atoms with E-state index in [1.165, 1.54) is 13.8 Å². The highest BCUT2D eigenvalue weighted by Crippen LogP contribution is 2.68. The first-order valence-corrected chi connectivity index (χ1v) is 26.7. The second-order valence-corrected chi connectivity index (χ2v) is 23.5. The molecule has 5 aromatic rings. The Balaban J connectivity index is 1.45. The van der Waals surface area contributed by atoms with Gasteiger partial charge in [0.05, 0.1) is 33.9 Å². The van der Waals surface area contributed by atoms with Crippen molar-refractivity contribution in [3.05, 3.63) is 93.0 Å². The number of nitrogens with one attached hydrogen (secondary N) is 1. The highest BCUT2D eigenvalue weighted by Gasteiger charge is 2.68. The van der Waals surface area contributed by atoms with Crippen LogP contribution in [-0.2, 0) is 61.0 Å². The lowest BCUT2D eigenvalue weighted by atomic mass is 9.93. The fourth-order valence-corrected chi connectivity index (χ4v) is 9.89. The van der Waals surface area contributed by atoms with Crippen LogP contribution in [0.3, 0.4) is 0 Å². The molecule has 2 amide bonds. The fourth-order valence-electron chi connectivity index (χ4n) is 8.65. The molecule has 4 atom stereocenters. The van der Waals surface area contributed by atoms with Gasteiger partial charge in [0, 0.05) is 41.0 Å². The van der Waals surface area contributed by atoms with Crippen molar-refractivity contribution in [3.8, 4) is 23.0 Å². The number of carbonyl (C=O) groups is 2. The molecule has 0 radical (unpaired) electrons. The Morgan fingerprint density at radius 2 is 1.63 bits per heavy atom. The van der Waals surface area contributed by atoms with E-state index < -0.39 is 161 Å². The number of alkyl halides is 8. The van der Waals surface area contributed by atoms with E-state index in [2.05, 4.69) is 32.3 Å². The van der Waals surface area contributed by atoms with Gasteiger partial charge >= 0.3 is 18.4 Å². The third kappa shape index (κ3) is 12.2. The van der Waals surface area contributed by atoms with E-state index in [0.717, 1.165) is 42.7 Å². The van der Waals surface area contributed by atoms with E-state index in [9.17, 15) is 61.5 Å². The van der Waals surface area contributed by atoms with Gasteiger partial charge in [-0.15, -0.1) is 0 Å². The van der Waals surface area contributed by atoms with E-state index >= 15 is 8.78 Å². The first-order valence-electron chi connectivity index (χ1n) is 22.6. The second-order valence-electron chi connectivity index (χ2n) is 18.7. The summed E-state index contributed by atoms with van der Waals surface area (Å²) in [5.74, 6) is -6.08. The standard InChI is InChI=1S/C46H46ClF10N9O7S2/c1-43(2,74(3,69)70)13-12-27-8-9-28(29-10-11-32(47)36-38(29)65(22-44(50,51)52)63-41(36)66(75(4,71)72)42(68)73-21-26(59)7-5-6-14-58)37(60-27)33(17-23-15-24(48)18-25(49)16-23)61-34(67)20-64-40-35(39(62-64)46(55,56)57)30-19-31(30)45(40,53)54/h8-11,15-16,18,26,30-31,33H,5-7,14,17,19-22,58-59H2,1-4H3,(H,61,67)/t26-,30-,31+,33-/m0/s1. The number of ether oxygens (including phenoxy) is 1. The van der Waals surface area contributed by atoms with Crippen molar-refractivity contribution in [1.82, 2.24) is 29.9 Å². The molecule has 16 nitrogen and oxygen atoms in total. The number of hydrogen-bond donors (Lipinski definition) is 3. The van der Waals surface area contributed by atoms with Gasteiger partial charge in [-0.25, -0.2) is 35.4 Å². The number of sulfonamides is 1. The van der Waals surface area contributed by atoms with Gasteiger partial charge in [-0.2, -0.15) is 49.6 Å². The minimum Gasteiger partial charge on any atom is -0.447 e. The van der Waals surface area contributed by atoms with Crippen molar-refractivity contribution < 1.29 is 75.1 Å². The molecule has 1 saturated carbocycles. The molecule has 0 bridgehead atoms. The molecular weight excluding hydrogens is 1080 g/mol. The van der Waals surface area contributed by atoms with Gasteiger partial charge in [0.1, 0.15) is 47.5 Å². The summed E-state index contributed by atoms with van der Waals surface area (Å²) in [6, 6.07) is 3.91. The number of benzene rings is 2. The Labute approximate surface area is 427 Å². The van der Waals surface area contributed by atoms with E-state index in [1.807, 2.05) is 0 Å². The van der Waals surface area contributed by atoms with Gasteiger partial charge in [-0.05, 0) is 93.8 Å². The fraction of sp³-hybridized carbons (Fsp3) is 0.457. The lowest BCUT2D eigenvalue weighted by Gasteiger charge is -2.23. The smallest absolute Gasteiger partial charge is 0.435 e. The van der Waals surface area contributed by atoms with E-state index in [0.29, 0.717) is 31.7 Å². The minimum atomic E-state index is -5.23. The molecule has 2 aromatic carbocycles. The number of pyridine rings is 1. The van der Waals surface area contributed by atoms with Crippen LogP contribution in [0.25, 0.3) is 22.0 Å². The first-order chi connectivity index (χ1) is 34.6. The molecule has 0 aliphatic heterocycles. The van der Waals surface area contributed by atoms with E-state index in [1.54, 1.807) is 0 Å². The highest BCUT2D eigenvalue weighted by atomic mass is 35.5. The third-order valence-corrected chi connectivity index (χ3v) is 15.7. The number of fused-ring (bicyclic) bond motifs is 4. The van der Waals surface area contributed by atoms with Gasteiger partial charge in [0.25, 0.3) is 5.92 Å². The Bertz CT molecular complexity index is 3350. The van der Waals surface area contributed by atoms with Crippen molar-refractivity contribution in [3.63, 3.8) is 0 Å². The van der Waals surface area contributed by atoms with E-state index in [4.69, 9.17) is 27.8 Å². The predicted octanol–water partition coefficient (Wildman–Crippen LogP) is 7.65. The quantitative estimate of drug-likeness (QED) is 0.0464. The zero-order valence-corrected chi connectivity index (χ0v) is 42.3. The van der Waals surface area contributed by atoms with Crippen molar-refractivity contribution in [2.75, 3.05) is 30.0 Å². The number of hydrogen-bond acceptors (Lipinski definition) is 12. The number of anilines is 1. The monoisotopic (exact) mass is 1130 g/mol. The van der Waals surface area contributed by atoms with Gasteiger partial charge in [-0.3, -0.25) is 14.2 Å². The molecule has 29 heteroatoms. The Kier molecular flexibility index (Phi) is 15.5. The topological polar surface area (TPSA) is 227 Å². The number of unbranched alkanes of at least 4 members (excludes halogenated alkanes) is 1. The molecule has 406 valence electrons. The lowest BCUT2D eigenvalue weighted by molar-refractivity contribution is -0.143. The molecule has 2 aliphatic carbocycles. The van der Waals surface area contributed by atoms with Crippen LogP contribution in [0, 0.1) is 29.4 Å². The van der Waals surface area contributed by atoms with Crippen molar-refractivity contribution in [2.45, 2.75) is 100 Å². The van der Waals surface area contributed by atoms with Gasteiger partial charge in [-0.1, -0.05) is 30.0 Å². The number of carbonyl (C=O) groups excluding carboxylic acids is 2. The summed E-state index contributed by atoms with van der Waals surface area (Å²) in [6.07, 6.45) is -10.3. The molecule has 7 rings (SSSR count). The van der Waals surface area contributed by atoms with Crippen LogP contribution in [0.15, 0.2) is 42.5 Å². The van der Waals surface area contributed by atoms with Crippen LogP contribution in [0.5, 0.6) is 0 Å². The van der Waals surface area contributed by atoms with Crippen LogP contribution in [0.2, 0.25) is 5.02 Å². The Morgan fingerprint density at radius 3 is 2.23 bits per heavy atom. The largest absolute Gasteiger partial charge is 0.447 e. The molecule has 0 saturated heterocycles. The van der Waals surface area contributed by atoms with Crippen LogP contribution in [0.4, 0.5) is 54.5 Å². The number of amides is 2. The first kappa shape index (κ1) is 56.7. The summed E-state index contributed by atoms with van der Waals surface area (Å²) in [5, 5.41) is 8.63. The average Bonchev–Trinajstić information content (AvgIpc) is 3.79. The molecule has 0 spiro atoms. The normalized spacial score (nSPS) is 17.2. The van der Waals surface area contributed by atoms with Crippen LogP contribution < -0.4 is 21.1 Å².